The van der Waals surface area contributed by atoms with Crippen molar-refractivity contribution < 1.29 is 9.53 Å². The Morgan fingerprint density at radius 3 is 2.85 bits per heavy atom. The highest BCUT2D eigenvalue weighted by molar-refractivity contribution is 5.68. The minimum absolute atomic E-state index is 0.132. The molecule has 1 amide bonds. The van der Waals surface area contributed by atoms with Gasteiger partial charge in [-0.25, -0.2) is 9.78 Å². The molecule has 1 aliphatic rings. The minimum Gasteiger partial charge on any atom is -0.444 e. The van der Waals surface area contributed by atoms with E-state index in [0.29, 0.717) is 5.92 Å². The van der Waals surface area contributed by atoms with E-state index in [1.54, 1.807) is 12.5 Å². The van der Waals surface area contributed by atoms with Gasteiger partial charge in [-0.15, -0.1) is 0 Å². The lowest BCUT2D eigenvalue weighted by Gasteiger charge is -2.23. The first-order valence-electron chi connectivity index (χ1n) is 7.11. The van der Waals surface area contributed by atoms with Crippen LogP contribution in [0.3, 0.4) is 0 Å². The maximum atomic E-state index is 11.8. The number of imidazole rings is 1. The smallest absolute Gasteiger partial charge is 0.407 e. The van der Waals surface area contributed by atoms with Gasteiger partial charge in [-0.05, 0) is 39.5 Å². The third-order valence-electron chi connectivity index (χ3n) is 3.13. The first-order valence-corrected chi connectivity index (χ1v) is 7.11. The summed E-state index contributed by atoms with van der Waals surface area (Å²) < 4.78 is 5.30. The number of nitrogens with zero attached hydrogens (tertiary/aromatic N) is 1. The van der Waals surface area contributed by atoms with Crippen LogP contribution in [0.4, 0.5) is 4.79 Å². The Morgan fingerprint density at radius 2 is 2.30 bits per heavy atom. The van der Waals surface area contributed by atoms with E-state index in [2.05, 4.69) is 20.6 Å². The van der Waals surface area contributed by atoms with Gasteiger partial charge in [0.15, 0.2) is 0 Å². The van der Waals surface area contributed by atoms with Gasteiger partial charge >= 0.3 is 6.09 Å². The summed E-state index contributed by atoms with van der Waals surface area (Å²) in [7, 11) is 0. The molecule has 0 spiro atoms. The van der Waals surface area contributed by atoms with Gasteiger partial charge in [0.2, 0.25) is 0 Å². The third kappa shape index (κ3) is 5.21. The Kier molecular flexibility index (Phi) is 4.65. The van der Waals surface area contributed by atoms with Gasteiger partial charge in [0, 0.05) is 31.0 Å². The topological polar surface area (TPSA) is 79.0 Å². The molecule has 112 valence electrons. The summed E-state index contributed by atoms with van der Waals surface area (Å²) in [6, 6.07) is 0.132. The van der Waals surface area contributed by atoms with Crippen molar-refractivity contribution in [3.05, 3.63) is 18.2 Å². The van der Waals surface area contributed by atoms with Gasteiger partial charge in [-0.3, -0.25) is 0 Å². The fourth-order valence-electron chi connectivity index (χ4n) is 2.04. The summed E-state index contributed by atoms with van der Waals surface area (Å²) in [5.41, 5.74) is 0.582. The second-order valence-electron chi connectivity index (χ2n) is 6.30. The van der Waals surface area contributed by atoms with Crippen LogP contribution in [0.2, 0.25) is 0 Å². The van der Waals surface area contributed by atoms with Crippen molar-refractivity contribution in [2.45, 2.75) is 51.8 Å². The zero-order chi connectivity index (χ0) is 14.6. The van der Waals surface area contributed by atoms with Crippen molar-refractivity contribution in [3.8, 4) is 0 Å². The molecule has 1 unspecified atom stereocenters. The van der Waals surface area contributed by atoms with Crippen LogP contribution in [0.1, 0.15) is 39.3 Å². The Morgan fingerprint density at radius 1 is 1.55 bits per heavy atom. The molecule has 1 aromatic heterocycles. The summed E-state index contributed by atoms with van der Waals surface area (Å²) >= 11 is 0. The molecule has 0 bridgehead atoms. The van der Waals surface area contributed by atoms with E-state index in [-0.39, 0.29) is 12.1 Å². The molecule has 0 saturated heterocycles. The number of aromatic amines is 1. The molecule has 6 heteroatoms. The molecular formula is C14H24N4O2. The largest absolute Gasteiger partial charge is 0.444 e. The zero-order valence-electron chi connectivity index (χ0n) is 12.4. The van der Waals surface area contributed by atoms with Gasteiger partial charge < -0.3 is 20.4 Å². The quantitative estimate of drug-likeness (QED) is 0.742. The number of hydrogen-bond donors (Lipinski definition) is 3. The zero-order valence-corrected chi connectivity index (χ0v) is 12.4. The molecule has 1 heterocycles. The molecule has 2 rings (SSSR count). The van der Waals surface area contributed by atoms with E-state index in [1.165, 1.54) is 12.8 Å². The van der Waals surface area contributed by atoms with E-state index in [0.717, 1.165) is 18.8 Å². The van der Waals surface area contributed by atoms with Gasteiger partial charge in [0.25, 0.3) is 0 Å². The minimum atomic E-state index is -0.457. The molecule has 6 nitrogen and oxygen atoms in total. The van der Waals surface area contributed by atoms with Gasteiger partial charge in [0.1, 0.15) is 5.60 Å². The highest BCUT2D eigenvalue weighted by Gasteiger charge is 2.33. The highest BCUT2D eigenvalue weighted by Crippen LogP contribution is 2.32. The van der Waals surface area contributed by atoms with Crippen LogP contribution in [0.5, 0.6) is 0 Å². The lowest BCUT2D eigenvalue weighted by atomic mass is 10.2. The van der Waals surface area contributed by atoms with Crippen LogP contribution in [-0.4, -0.2) is 34.2 Å². The van der Waals surface area contributed by atoms with E-state index < -0.39 is 5.60 Å². The lowest BCUT2D eigenvalue weighted by Crippen LogP contribution is -2.45. The number of carbonyl (C=O) groups excluding carboxylic acids is 1. The number of rotatable bonds is 6. The number of ether oxygens (including phenoxy) is 1. The third-order valence-corrected chi connectivity index (χ3v) is 3.13. The number of amides is 1. The Balaban J connectivity index is 1.74. The van der Waals surface area contributed by atoms with Gasteiger partial charge in [-0.2, -0.15) is 0 Å². The lowest BCUT2D eigenvalue weighted by molar-refractivity contribution is 0.0497. The van der Waals surface area contributed by atoms with E-state index in [4.69, 9.17) is 4.74 Å². The fraction of sp³-hybridized carbons (Fsp3) is 0.714. The van der Waals surface area contributed by atoms with Gasteiger partial charge in [-0.1, -0.05) is 0 Å². The van der Waals surface area contributed by atoms with Crippen molar-refractivity contribution in [1.82, 2.24) is 20.6 Å². The number of nitrogens with one attached hydrogen (secondary N) is 3. The van der Waals surface area contributed by atoms with Crippen LogP contribution >= 0.6 is 0 Å². The van der Waals surface area contributed by atoms with Crippen molar-refractivity contribution >= 4 is 6.09 Å². The summed E-state index contributed by atoms with van der Waals surface area (Å²) in [6.07, 6.45) is 5.46. The predicted molar refractivity (Wildman–Crippen MR) is 76.2 cm³/mol. The SMILES string of the molecule is CC(C)(C)OC(=O)NC(CNCc1cnc[nH]1)C1CC1. The molecule has 1 aliphatic carbocycles. The first-order chi connectivity index (χ1) is 9.44. The summed E-state index contributed by atoms with van der Waals surface area (Å²) in [4.78, 5) is 18.8. The Hall–Kier alpha value is -1.56. The molecule has 0 radical (unpaired) electrons. The van der Waals surface area contributed by atoms with Crippen LogP contribution in [0.15, 0.2) is 12.5 Å². The maximum Gasteiger partial charge on any atom is 0.407 e. The van der Waals surface area contributed by atoms with E-state index in [9.17, 15) is 4.79 Å². The monoisotopic (exact) mass is 280 g/mol. The number of hydrogen-bond acceptors (Lipinski definition) is 4. The van der Waals surface area contributed by atoms with E-state index >= 15 is 0 Å². The molecule has 0 aliphatic heterocycles. The second kappa shape index (κ2) is 6.26. The van der Waals surface area contributed by atoms with Crippen LogP contribution in [0, 0.1) is 5.92 Å². The van der Waals surface area contributed by atoms with Crippen LogP contribution in [0.25, 0.3) is 0 Å². The molecule has 20 heavy (non-hydrogen) atoms. The summed E-state index contributed by atoms with van der Waals surface area (Å²) in [5, 5.41) is 6.30. The van der Waals surface area contributed by atoms with Crippen molar-refractivity contribution in [1.29, 1.82) is 0 Å². The van der Waals surface area contributed by atoms with Crippen molar-refractivity contribution in [2.24, 2.45) is 5.92 Å². The molecule has 1 fully saturated rings. The first kappa shape index (κ1) is 14.8. The Bertz CT molecular complexity index is 421. The maximum absolute atomic E-state index is 11.8. The number of aromatic nitrogens is 2. The van der Waals surface area contributed by atoms with Crippen LogP contribution < -0.4 is 10.6 Å². The second-order valence-corrected chi connectivity index (χ2v) is 6.30. The average molecular weight is 280 g/mol. The standard InChI is InChI=1S/C14H24N4O2/c1-14(2,3)20-13(19)18-12(10-4-5-10)8-15-6-11-7-16-9-17-11/h7,9-10,12,15H,4-6,8H2,1-3H3,(H,16,17)(H,18,19). The molecule has 3 N–H and O–H groups in total. The van der Waals surface area contributed by atoms with E-state index in [1.807, 2.05) is 20.8 Å². The number of alkyl carbamates (subject to hydrolysis) is 1. The molecule has 1 aromatic rings. The molecule has 1 saturated carbocycles. The van der Waals surface area contributed by atoms with Crippen molar-refractivity contribution in [3.63, 3.8) is 0 Å². The molecule has 1 atom stereocenters. The van der Waals surface area contributed by atoms with Crippen LogP contribution in [-0.2, 0) is 11.3 Å². The number of carbonyl (C=O) groups is 1. The summed E-state index contributed by atoms with van der Waals surface area (Å²) in [5.74, 6) is 0.566. The summed E-state index contributed by atoms with van der Waals surface area (Å²) in [6.45, 7) is 7.07. The fourth-order valence-corrected chi connectivity index (χ4v) is 2.04. The molecule has 0 aromatic carbocycles. The Labute approximate surface area is 119 Å². The molecular weight excluding hydrogens is 256 g/mol. The normalized spacial score (nSPS) is 16.8. The average Bonchev–Trinajstić information content (AvgIpc) is 3.04. The number of H-pyrrole nitrogens is 1. The van der Waals surface area contributed by atoms with Gasteiger partial charge in [0.05, 0.1) is 6.33 Å². The van der Waals surface area contributed by atoms with Crippen molar-refractivity contribution in [2.75, 3.05) is 6.54 Å². The predicted octanol–water partition coefficient (Wildman–Crippen LogP) is 1.80. The highest BCUT2D eigenvalue weighted by atomic mass is 16.6.